The van der Waals surface area contributed by atoms with E-state index in [4.69, 9.17) is 14.6 Å². The van der Waals surface area contributed by atoms with E-state index in [1.165, 1.54) is 0 Å². The van der Waals surface area contributed by atoms with E-state index < -0.39 is 45.9 Å². The highest BCUT2D eigenvalue weighted by molar-refractivity contribution is 6.02. The number of aromatic nitrogens is 1. The highest BCUT2D eigenvalue weighted by Gasteiger charge is 2.35. The molecule has 0 spiro atoms. The molecule has 2 aromatic heterocycles. The predicted octanol–water partition coefficient (Wildman–Crippen LogP) is 3.71. The SMILES string of the molecule is CCCc1c2nc(C(=O)O)cc(C(F)(F)F)c2cc2c(=O)cc(C(=O)O)oc12. The molecule has 2 N–H and O–H groups in total. The summed E-state index contributed by atoms with van der Waals surface area (Å²) >= 11 is 0. The lowest BCUT2D eigenvalue weighted by atomic mass is 9.97. The summed E-state index contributed by atoms with van der Waals surface area (Å²) in [5.74, 6) is -3.86. The number of carboxylic acid groups (broad SMARTS) is 2. The highest BCUT2D eigenvalue weighted by Crippen LogP contribution is 2.38. The van der Waals surface area contributed by atoms with E-state index in [1.807, 2.05) is 0 Å². The number of pyridine rings is 1. The Bertz CT molecular complexity index is 1200. The molecule has 28 heavy (non-hydrogen) atoms. The smallest absolute Gasteiger partial charge is 0.417 e. The summed E-state index contributed by atoms with van der Waals surface area (Å²) in [5.41, 5.74) is -3.38. The second-order valence-corrected chi connectivity index (χ2v) is 6.02. The molecule has 2 heterocycles. The topological polar surface area (TPSA) is 118 Å². The molecule has 0 amide bonds. The van der Waals surface area contributed by atoms with E-state index in [9.17, 15) is 27.6 Å². The second-order valence-electron chi connectivity index (χ2n) is 6.02. The molecule has 7 nitrogen and oxygen atoms in total. The maximum atomic E-state index is 13.5. The summed E-state index contributed by atoms with van der Waals surface area (Å²) in [5, 5.41) is 17.5. The van der Waals surface area contributed by atoms with Crippen LogP contribution in [-0.2, 0) is 12.6 Å². The van der Waals surface area contributed by atoms with Crippen LogP contribution in [0.25, 0.3) is 21.9 Å². The first-order valence-corrected chi connectivity index (χ1v) is 8.02. The van der Waals surface area contributed by atoms with Crippen molar-refractivity contribution in [3.8, 4) is 0 Å². The van der Waals surface area contributed by atoms with Gasteiger partial charge >= 0.3 is 18.1 Å². The van der Waals surface area contributed by atoms with Crippen LogP contribution < -0.4 is 5.43 Å². The lowest BCUT2D eigenvalue weighted by Crippen LogP contribution is -2.13. The van der Waals surface area contributed by atoms with Crippen LogP contribution in [0.3, 0.4) is 0 Å². The maximum absolute atomic E-state index is 13.5. The van der Waals surface area contributed by atoms with Crippen LogP contribution in [-0.4, -0.2) is 27.1 Å². The van der Waals surface area contributed by atoms with Crippen LogP contribution in [0.2, 0.25) is 0 Å². The zero-order valence-corrected chi connectivity index (χ0v) is 14.3. The summed E-state index contributed by atoms with van der Waals surface area (Å²) in [6, 6.07) is 1.99. The molecule has 0 fully saturated rings. The first-order chi connectivity index (χ1) is 13.0. The molecule has 1 aromatic carbocycles. The molecule has 0 saturated heterocycles. The molecule has 0 bridgehead atoms. The van der Waals surface area contributed by atoms with Gasteiger partial charge < -0.3 is 14.6 Å². The van der Waals surface area contributed by atoms with E-state index in [2.05, 4.69) is 4.98 Å². The van der Waals surface area contributed by atoms with Gasteiger partial charge in [-0.05, 0) is 18.6 Å². The first kappa shape index (κ1) is 19.3. The summed E-state index contributed by atoms with van der Waals surface area (Å²) in [7, 11) is 0. The highest BCUT2D eigenvalue weighted by atomic mass is 19.4. The van der Waals surface area contributed by atoms with Crippen LogP contribution >= 0.6 is 0 Å². The van der Waals surface area contributed by atoms with Gasteiger partial charge in [0, 0.05) is 17.0 Å². The molecular formula is C18H12F3NO6. The Kier molecular flexibility index (Phi) is 4.58. The van der Waals surface area contributed by atoms with Gasteiger partial charge in [-0.1, -0.05) is 13.3 Å². The standard InChI is InChI=1S/C18H12F3NO6/c1-2-3-7-14-8(10(18(19,20)21)5-11(22-14)16(24)25)4-9-12(23)6-13(17(26)27)28-15(7)9/h4-6H,2-3H2,1H3,(H,24,25)(H,26,27). The number of hydrogen-bond acceptors (Lipinski definition) is 5. The number of alkyl halides is 3. The fourth-order valence-electron chi connectivity index (χ4n) is 2.98. The molecule has 0 aliphatic rings. The number of carbonyl (C=O) groups is 2. The van der Waals surface area contributed by atoms with Crippen molar-refractivity contribution in [2.24, 2.45) is 0 Å². The molecule has 0 unspecified atom stereocenters. The number of carboxylic acids is 2. The molecule has 10 heteroatoms. The van der Waals surface area contributed by atoms with Crippen LogP contribution in [0.15, 0.2) is 27.4 Å². The van der Waals surface area contributed by atoms with Gasteiger partial charge in [0.15, 0.2) is 5.43 Å². The summed E-state index contributed by atoms with van der Waals surface area (Å²) in [6.07, 6.45) is -4.41. The molecule has 0 aliphatic heterocycles. The number of halogens is 3. The van der Waals surface area contributed by atoms with Crippen LogP contribution in [0.1, 0.15) is 45.5 Å². The third-order valence-electron chi connectivity index (χ3n) is 4.13. The quantitative estimate of drug-likeness (QED) is 0.647. The average Bonchev–Trinajstić information content (AvgIpc) is 2.60. The Morgan fingerprint density at radius 1 is 1.11 bits per heavy atom. The zero-order chi connectivity index (χ0) is 20.8. The fraction of sp³-hybridized carbons (Fsp3) is 0.222. The van der Waals surface area contributed by atoms with Gasteiger partial charge in [-0.25, -0.2) is 14.6 Å². The number of fused-ring (bicyclic) bond motifs is 2. The molecule has 3 rings (SSSR count). The van der Waals surface area contributed by atoms with Gasteiger partial charge in [0.1, 0.15) is 11.3 Å². The molecular weight excluding hydrogens is 383 g/mol. The third kappa shape index (κ3) is 3.17. The number of rotatable bonds is 4. The number of hydrogen-bond donors (Lipinski definition) is 2. The average molecular weight is 395 g/mol. The van der Waals surface area contributed by atoms with Crippen LogP contribution in [0.5, 0.6) is 0 Å². The van der Waals surface area contributed by atoms with Gasteiger partial charge in [0.05, 0.1) is 16.5 Å². The lowest BCUT2D eigenvalue weighted by Gasteiger charge is -2.15. The fourth-order valence-corrected chi connectivity index (χ4v) is 2.98. The van der Waals surface area contributed by atoms with Crippen molar-refractivity contribution in [3.05, 3.63) is 51.0 Å². The van der Waals surface area contributed by atoms with Crippen molar-refractivity contribution in [2.45, 2.75) is 25.9 Å². The normalized spacial score (nSPS) is 11.9. The lowest BCUT2D eigenvalue weighted by molar-refractivity contribution is -0.136. The van der Waals surface area contributed by atoms with E-state index >= 15 is 0 Å². The Morgan fingerprint density at radius 3 is 2.32 bits per heavy atom. The van der Waals surface area contributed by atoms with Crippen molar-refractivity contribution >= 4 is 33.8 Å². The molecule has 0 radical (unpaired) electrons. The van der Waals surface area contributed by atoms with Crippen LogP contribution in [0, 0.1) is 0 Å². The second kappa shape index (κ2) is 6.63. The summed E-state index contributed by atoms with van der Waals surface area (Å²) in [4.78, 5) is 38.6. The monoisotopic (exact) mass is 395 g/mol. The van der Waals surface area contributed by atoms with Crippen molar-refractivity contribution in [2.75, 3.05) is 0 Å². The van der Waals surface area contributed by atoms with E-state index in [1.54, 1.807) is 6.92 Å². The van der Waals surface area contributed by atoms with Crippen molar-refractivity contribution in [3.63, 3.8) is 0 Å². The molecule has 0 atom stereocenters. The Labute approximate surface area is 154 Å². The zero-order valence-electron chi connectivity index (χ0n) is 14.3. The first-order valence-electron chi connectivity index (χ1n) is 8.02. The Morgan fingerprint density at radius 2 is 1.79 bits per heavy atom. The van der Waals surface area contributed by atoms with Gasteiger partial charge in [0.2, 0.25) is 5.76 Å². The van der Waals surface area contributed by atoms with Gasteiger partial charge in [-0.2, -0.15) is 13.2 Å². The molecule has 0 aliphatic carbocycles. The van der Waals surface area contributed by atoms with E-state index in [0.717, 1.165) is 6.07 Å². The minimum absolute atomic E-state index is 0.0452. The van der Waals surface area contributed by atoms with E-state index in [0.29, 0.717) is 18.6 Å². The van der Waals surface area contributed by atoms with Crippen molar-refractivity contribution in [1.29, 1.82) is 0 Å². The van der Waals surface area contributed by atoms with E-state index in [-0.39, 0.29) is 28.5 Å². The minimum atomic E-state index is -4.90. The van der Waals surface area contributed by atoms with Gasteiger partial charge in [-0.15, -0.1) is 0 Å². The molecule has 3 aromatic rings. The minimum Gasteiger partial charge on any atom is -0.477 e. The van der Waals surface area contributed by atoms with Crippen LogP contribution in [0.4, 0.5) is 13.2 Å². The molecule has 0 saturated carbocycles. The Balaban J connectivity index is 2.61. The largest absolute Gasteiger partial charge is 0.477 e. The third-order valence-corrected chi connectivity index (χ3v) is 4.13. The maximum Gasteiger partial charge on any atom is 0.417 e. The number of nitrogens with zero attached hydrogens (tertiary/aromatic N) is 1. The summed E-state index contributed by atoms with van der Waals surface area (Å²) in [6.45, 7) is 1.70. The number of aryl methyl sites for hydroxylation is 1. The van der Waals surface area contributed by atoms with Crippen molar-refractivity contribution in [1.82, 2.24) is 4.98 Å². The number of benzene rings is 1. The summed E-state index contributed by atoms with van der Waals surface area (Å²) < 4.78 is 45.9. The van der Waals surface area contributed by atoms with Gasteiger partial charge in [-0.3, -0.25) is 4.79 Å². The molecule has 146 valence electrons. The Hall–Kier alpha value is -3.43. The van der Waals surface area contributed by atoms with Gasteiger partial charge in [0.25, 0.3) is 0 Å². The number of aromatic carboxylic acids is 2. The van der Waals surface area contributed by atoms with Crippen molar-refractivity contribution < 1.29 is 37.4 Å². The predicted molar refractivity (Wildman–Crippen MR) is 90.7 cm³/mol.